The highest BCUT2D eigenvalue weighted by molar-refractivity contribution is 4.96. The Kier molecular flexibility index (Phi) is 6.87. The molecule has 0 aromatic carbocycles. The summed E-state index contributed by atoms with van der Waals surface area (Å²) in [5.74, 6) is 2.41. The standard InChI is InChI=1S/C10H16O/c1-3-5-6-7-9-10(11)8-4-2/h2,7,9-11H,3,5-6,8H2,1H3. The molecule has 1 nitrogen and oxygen atoms in total. The molecule has 0 aliphatic carbocycles. The molecule has 0 spiro atoms. The van der Waals surface area contributed by atoms with Gasteiger partial charge in [-0.2, -0.15) is 0 Å². The van der Waals surface area contributed by atoms with Crippen LogP contribution in [0.5, 0.6) is 0 Å². The first-order chi connectivity index (χ1) is 5.31. The number of aliphatic hydroxyl groups is 1. The fourth-order valence-electron chi connectivity index (χ4n) is 0.764. The molecule has 0 heterocycles. The molecule has 0 aliphatic heterocycles. The summed E-state index contributed by atoms with van der Waals surface area (Å²) in [4.78, 5) is 0. The fourth-order valence-corrected chi connectivity index (χ4v) is 0.764. The zero-order chi connectivity index (χ0) is 8.53. The fraction of sp³-hybridized carbons (Fsp3) is 0.600. The van der Waals surface area contributed by atoms with E-state index in [2.05, 4.69) is 12.8 Å². The van der Waals surface area contributed by atoms with E-state index in [0.29, 0.717) is 6.42 Å². The molecule has 0 aliphatic rings. The third-order valence-corrected chi connectivity index (χ3v) is 1.41. The Labute approximate surface area is 69.1 Å². The van der Waals surface area contributed by atoms with Gasteiger partial charge in [-0.1, -0.05) is 31.9 Å². The van der Waals surface area contributed by atoms with Crippen molar-refractivity contribution >= 4 is 0 Å². The Bertz CT molecular complexity index is 141. The molecular formula is C10H16O. The van der Waals surface area contributed by atoms with Gasteiger partial charge in [-0.25, -0.2) is 0 Å². The van der Waals surface area contributed by atoms with E-state index in [0.717, 1.165) is 6.42 Å². The molecule has 0 rings (SSSR count). The van der Waals surface area contributed by atoms with Crippen LogP contribution in [-0.4, -0.2) is 11.2 Å². The number of hydrogen-bond donors (Lipinski definition) is 1. The number of allylic oxidation sites excluding steroid dienone is 1. The number of terminal acetylenes is 1. The van der Waals surface area contributed by atoms with E-state index in [1.807, 2.05) is 6.08 Å². The quantitative estimate of drug-likeness (QED) is 0.363. The van der Waals surface area contributed by atoms with Crippen molar-refractivity contribution in [2.24, 2.45) is 0 Å². The molecule has 1 N–H and O–H groups in total. The summed E-state index contributed by atoms with van der Waals surface area (Å²) < 4.78 is 0. The van der Waals surface area contributed by atoms with Gasteiger partial charge >= 0.3 is 0 Å². The van der Waals surface area contributed by atoms with E-state index in [1.54, 1.807) is 6.08 Å². The van der Waals surface area contributed by atoms with Gasteiger partial charge in [0, 0.05) is 6.42 Å². The average molecular weight is 152 g/mol. The molecule has 1 heteroatoms. The van der Waals surface area contributed by atoms with E-state index in [1.165, 1.54) is 12.8 Å². The van der Waals surface area contributed by atoms with Gasteiger partial charge in [0.05, 0.1) is 6.10 Å². The maximum atomic E-state index is 9.12. The first kappa shape index (κ1) is 10.3. The summed E-state index contributed by atoms with van der Waals surface area (Å²) in [6.07, 6.45) is 12.2. The van der Waals surface area contributed by atoms with Gasteiger partial charge in [-0.05, 0) is 6.42 Å². The van der Waals surface area contributed by atoms with Crippen molar-refractivity contribution in [3.63, 3.8) is 0 Å². The number of rotatable bonds is 5. The molecule has 0 bridgehead atoms. The monoisotopic (exact) mass is 152 g/mol. The van der Waals surface area contributed by atoms with Crippen molar-refractivity contribution in [3.05, 3.63) is 12.2 Å². The summed E-state index contributed by atoms with van der Waals surface area (Å²) in [6, 6.07) is 0. The van der Waals surface area contributed by atoms with E-state index in [9.17, 15) is 0 Å². The second kappa shape index (κ2) is 7.37. The van der Waals surface area contributed by atoms with Crippen molar-refractivity contribution in [2.45, 2.75) is 38.7 Å². The lowest BCUT2D eigenvalue weighted by atomic mass is 10.2. The van der Waals surface area contributed by atoms with Crippen LogP contribution in [0, 0.1) is 12.3 Å². The maximum Gasteiger partial charge on any atom is 0.0830 e. The highest BCUT2D eigenvalue weighted by Crippen LogP contribution is 1.98. The summed E-state index contributed by atoms with van der Waals surface area (Å²) in [5, 5.41) is 9.12. The summed E-state index contributed by atoms with van der Waals surface area (Å²) in [7, 11) is 0. The second-order valence-electron chi connectivity index (χ2n) is 2.55. The number of unbranched alkanes of at least 4 members (excludes halogenated alkanes) is 2. The minimum atomic E-state index is -0.447. The van der Waals surface area contributed by atoms with Crippen LogP contribution in [-0.2, 0) is 0 Å². The SMILES string of the molecule is C#CCC(O)C=CCCCC. The number of hydrogen-bond acceptors (Lipinski definition) is 1. The van der Waals surface area contributed by atoms with Gasteiger partial charge in [0.2, 0.25) is 0 Å². The van der Waals surface area contributed by atoms with Crippen LogP contribution in [0.3, 0.4) is 0 Å². The van der Waals surface area contributed by atoms with Gasteiger partial charge in [-0.3, -0.25) is 0 Å². The lowest BCUT2D eigenvalue weighted by molar-refractivity contribution is 0.229. The van der Waals surface area contributed by atoms with Crippen LogP contribution in [0.25, 0.3) is 0 Å². The van der Waals surface area contributed by atoms with Gasteiger partial charge in [0.25, 0.3) is 0 Å². The molecule has 11 heavy (non-hydrogen) atoms. The Balaban J connectivity index is 3.34. The molecule has 0 fully saturated rings. The van der Waals surface area contributed by atoms with Gasteiger partial charge < -0.3 is 5.11 Å². The van der Waals surface area contributed by atoms with E-state index in [4.69, 9.17) is 11.5 Å². The van der Waals surface area contributed by atoms with Crippen LogP contribution < -0.4 is 0 Å². The molecule has 1 unspecified atom stereocenters. The van der Waals surface area contributed by atoms with Crippen LogP contribution in [0.1, 0.15) is 32.6 Å². The smallest absolute Gasteiger partial charge is 0.0830 e. The third-order valence-electron chi connectivity index (χ3n) is 1.41. The van der Waals surface area contributed by atoms with E-state index < -0.39 is 6.10 Å². The topological polar surface area (TPSA) is 20.2 Å². The lowest BCUT2D eigenvalue weighted by Gasteiger charge is -1.97. The van der Waals surface area contributed by atoms with Crippen LogP contribution >= 0.6 is 0 Å². The summed E-state index contributed by atoms with van der Waals surface area (Å²) in [5.41, 5.74) is 0. The molecule has 0 radical (unpaired) electrons. The van der Waals surface area contributed by atoms with Gasteiger partial charge in [0.15, 0.2) is 0 Å². The summed E-state index contributed by atoms with van der Waals surface area (Å²) >= 11 is 0. The number of aliphatic hydroxyl groups excluding tert-OH is 1. The van der Waals surface area contributed by atoms with Crippen molar-refractivity contribution in [3.8, 4) is 12.3 Å². The first-order valence-corrected chi connectivity index (χ1v) is 4.09. The summed E-state index contributed by atoms with van der Waals surface area (Å²) in [6.45, 7) is 2.14. The van der Waals surface area contributed by atoms with Crippen LogP contribution in [0.15, 0.2) is 12.2 Å². The minimum absolute atomic E-state index is 0.419. The van der Waals surface area contributed by atoms with Crippen molar-refractivity contribution in [1.29, 1.82) is 0 Å². The Morgan fingerprint density at radius 1 is 1.64 bits per heavy atom. The Morgan fingerprint density at radius 3 is 2.91 bits per heavy atom. The molecule has 1 atom stereocenters. The highest BCUT2D eigenvalue weighted by atomic mass is 16.3. The van der Waals surface area contributed by atoms with E-state index in [-0.39, 0.29) is 0 Å². The molecule has 0 aromatic rings. The first-order valence-electron chi connectivity index (χ1n) is 4.09. The van der Waals surface area contributed by atoms with Gasteiger partial charge in [0.1, 0.15) is 0 Å². The van der Waals surface area contributed by atoms with E-state index >= 15 is 0 Å². The highest BCUT2D eigenvalue weighted by Gasteiger charge is 1.92. The zero-order valence-electron chi connectivity index (χ0n) is 7.09. The van der Waals surface area contributed by atoms with Crippen molar-refractivity contribution in [2.75, 3.05) is 0 Å². The van der Waals surface area contributed by atoms with Gasteiger partial charge in [-0.15, -0.1) is 12.3 Å². The predicted octanol–water partition coefficient (Wildman–Crippen LogP) is 2.12. The Morgan fingerprint density at radius 2 is 2.36 bits per heavy atom. The molecule has 0 saturated carbocycles. The molecule has 0 amide bonds. The van der Waals surface area contributed by atoms with Crippen LogP contribution in [0.4, 0.5) is 0 Å². The Hall–Kier alpha value is -0.740. The molecule has 0 saturated heterocycles. The minimum Gasteiger partial charge on any atom is -0.388 e. The lowest BCUT2D eigenvalue weighted by Crippen LogP contribution is -1.98. The van der Waals surface area contributed by atoms with Crippen molar-refractivity contribution < 1.29 is 5.11 Å². The predicted molar refractivity (Wildman–Crippen MR) is 48.1 cm³/mol. The average Bonchev–Trinajstić information content (AvgIpc) is 1.99. The molecule has 62 valence electrons. The maximum absolute atomic E-state index is 9.12. The van der Waals surface area contributed by atoms with Crippen LogP contribution in [0.2, 0.25) is 0 Å². The second-order valence-corrected chi connectivity index (χ2v) is 2.55. The third kappa shape index (κ3) is 7.15. The zero-order valence-corrected chi connectivity index (χ0v) is 7.09. The molecule has 0 aromatic heterocycles. The van der Waals surface area contributed by atoms with Crippen molar-refractivity contribution in [1.82, 2.24) is 0 Å². The normalized spacial score (nSPS) is 13.2. The largest absolute Gasteiger partial charge is 0.388 e. The molecular weight excluding hydrogens is 136 g/mol.